The van der Waals surface area contributed by atoms with E-state index >= 15 is 0 Å². The van der Waals surface area contributed by atoms with E-state index < -0.39 is 0 Å². The Morgan fingerprint density at radius 1 is 0.900 bits per heavy atom. The number of nitrogen functional groups attached to an aromatic ring is 1. The van der Waals surface area contributed by atoms with Crippen LogP contribution in [0.15, 0.2) is 78.9 Å². The molecule has 0 aliphatic rings. The minimum Gasteiger partial charge on any atom is -0.439 e. The lowest BCUT2D eigenvalue weighted by Crippen LogP contribution is -2.02. The van der Waals surface area contributed by atoms with Gasteiger partial charge in [-0.25, -0.2) is 0 Å². The molecule has 6 heteroatoms. The summed E-state index contributed by atoms with van der Waals surface area (Å²) in [6.07, 6.45) is 0. The molecule has 0 unspecified atom stereocenters. The average molecular weight is 393 g/mol. The number of benzene rings is 3. The van der Waals surface area contributed by atoms with E-state index in [0.717, 1.165) is 22.4 Å². The molecule has 4 aromatic rings. The zero-order valence-corrected chi connectivity index (χ0v) is 16.3. The van der Waals surface area contributed by atoms with Gasteiger partial charge in [0.15, 0.2) is 0 Å². The van der Waals surface area contributed by atoms with Gasteiger partial charge in [0.2, 0.25) is 11.8 Å². The number of hydrogen-bond acceptors (Lipinski definition) is 6. The van der Waals surface area contributed by atoms with Crippen LogP contribution in [0, 0.1) is 18.3 Å². The van der Waals surface area contributed by atoms with Crippen LogP contribution in [0.3, 0.4) is 0 Å². The maximum atomic E-state index is 8.91. The highest BCUT2D eigenvalue weighted by Gasteiger charge is 2.09. The van der Waals surface area contributed by atoms with Crippen LogP contribution in [0.5, 0.6) is 11.6 Å². The third kappa shape index (κ3) is 4.37. The van der Waals surface area contributed by atoms with Gasteiger partial charge in [-0.05, 0) is 60.0 Å². The molecule has 4 rings (SSSR count). The lowest BCUT2D eigenvalue weighted by molar-refractivity contribution is 0.459. The summed E-state index contributed by atoms with van der Waals surface area (Å²) in [6, 6.07) is 26.8. The summed E-state index contributed by atoms with van der Waals surface area (Å²) in [4.78, 5) is 8.60. The van der Waals surface area contributed by atoms with E-state index in [1.54, 1.807) is 30.3 Å². The van der Waals surface area contributed by atoms with Crippen LogP contribution in [0.2, 0.25) is 0 Å². The Morgan fingerprint density at radius 3 is 2.37 bits per heavy atom. The summed E-state index contributed by atoms with van der Waals surface area (Å²) in [5, 5.41) is 12.0. The molecule has 0 spiro atoms. The van der Waals surface area contributed by atoms with Gasteiger partial charge in [-0.15, -0.1) is 0 Å². The predicted octanol–water partition coefficient (Wildman–Crippen LogP) is 5.44. The van der Waals surface area contributed by atoms with Crippen molar-refractivity contribution >= 4 is 17.5 Å². The molecule has 0 amide bonds. The number of nitrogens with one attached hydrogen (secondary N) is 1. The fourth-order valence-corrected chi connectivity index (χ4v) is 2.99. The molecular formula is C24H19N5O. The molecule has 0 atom stereocenters. The topological polar surface area (TPSA) is 96.9 Å². The summed E-state index contributed by atoms with van der Waals surface area (Å²) in [5.41, 5.74) is 10.5. The smallest absolute Gasteiger partial charge is 0.232 e. The van der Waals surface area contributed by atoms with Crippen LogP contribution in [0.1, 0.15) is 11.1 Å². The van der Waals surface area contributed by atoms with Crippen molar-refractivity contribution in [3.63, 3.8) is 0 Å². The largest absolute Gasteiger partial charge is 0.439 e. The molecule has 0 radical (unpaired) electrons. The Kier molecular flexibility index (Phi) is 5.27. The van der Waals surface area contributed by atoms with Gasteiger partial charge in [0, 0.05) is 11.8 Å². The Balaban J connectivity index is 1.55. The van der Waals surface area contributed by atoms with E-state index in [1.807, 2.05) is 37.3 Å². The van der Waals surface area contributed by atoms with E-state index in [1.165, 1.54) is 0 Å². The molecule has 0 aliphatic heterocycles. The van der Waals surface area contributed by atoms with Crippen molar-refractivity contribution in [2.75, 3.05) is 11.1 Å². The quantitative estimate of drug-likeness (QED) is 0.468. The molecule has 1 heterocycles. The van der Waals surface area contributed by atoms with Crippen molar-refractivity contribution in [1.82, 2.24) is 9.97 Å². The Hall–Kier alpha value is -4.37. The number of aromatic nitrogens is 2. The first-order chi connectivity index (χ1) is 14.6. The van der Waals surface area contributed by atoms with E-state index in [0.29, 0.717) is 23.1 Å². The number of anilines is 3. The lowest BCUT2D eigenvalue weighted by Gasteiger charge is -2.12. The van der Waals surface area contributed by atoms with Crippen molar-refractivity contribution in [2.24, 2.45) is 0 Å². The first kappa shape index (κ1) is 19.0. The molecule has 0 saturated heterocycles. The van der Waals surface area contributed by atoms with Gasteiger partial charge in [0.05, 0.1) is 11.6 Å². The standard InChI is InChI=1S/C24H19N5O/c1-16-13-19(18-5-3-2-4-6-18)9-12-21(16)30-23-14-22(26)28-24(29-23)27-20-10-7-17(15-25)8-11-20/h2-14H,1H3,(H3,26,27,28,29). The van der Waals surface area contributed by atoms with Gasteiger partial charge >= 0.3 is 0 Å². The highest BCUT2D eigenvalue weighted by molar-refractivity contribution is 5.65. The van der Waals surface area contributed by atoms with Crippen LogP contribution < -0.4 is 15.8 Å². The highest BCUT2D eigenvalue weighted by atomic mass is 16.5. The van der Waals surface area contributed by atoms with E-state index in [2.05, 4.69) is 39.6 Å². The van der Waals surface area contributed by atoms with Crippen molar-refractivity contribution in [3.8, 4) is 28.8 Å². The second-order valence-corrected chi connectivity index (χ2v) is 6.72. The van der Waals surface area contributed by atoms with Crippen molar-refractivity contribution in [2.45, 2.75) is 6.92 Å². The van der Waals surface area contributed by atoms with Gasteiger partial charge in [0.25, 0.3) is 0 Å². The maximum Gasteiger partial charge on any atom is 0.232 e. The van der Waals surface area contributed by atoms with Gasteiger partial charge in [-0.1, -0.05) is 36.4 Å². The van der Waals surface area contributed by atoms with Crippen LogP contribution in [0.25, 0.3) is 11.1 Å². The molecule has 30 heavy (non-hydrogen) atoms. The molecule has 1 aromatic heterocycles. The fourth-order valence-electron chi connectivity index (χ4n) is 2.99. The van der Waals surface area contributed by atoms with Crippen molar-refractivity contribution in [3.05, 3.63) is 90.0 Å². The second-order valence-electron chi connectivity index (χ2n) is 6.72. The Labute approximate surface area is 174 Å². The van der Waals surface area contributed by atoms with E-state index in [-0.39, 0.29) is 5.82 Å². The number of nitriles is 1. The molecular weight excluding hydrogens is 374 g/mol. The summed E-state index contributed by atoms with van der Waals surface area (Å²) < 4.78 is 5.98. The number of nitrogens with two attached hydrogens (primary N) is 1. The third-order valence-electron chi connectivity index (χ3n) is 4.49. The van der Waals surface area contributed by atoms with Gasteiger partial charge in [-0.2, -0.15) is 15.2 Å². The maximum absolute atomic E-state index is 8.91. The monoisotopic (exact) mass is 393 g/mol. The van der Waals surface area contributed by atoms with Gasteiger partial charge < -0.3 is 15.8 Å². The van der Waals surface area contributed by atoms with Crippen molar-refractivity contribution < 1.29 is 4.74 Å². The molecule has 0 saturated carbocycles. The van der Waals surface area contributed by atoms with Gasteiger partial charge in [-0.3, -0.25) is 0 Å². The molecule has 3 aromatic carbocycles. The van der Waals surface area contributed by atoms with Crippen LogP contribution in [-0.2, 0) is 0 Å². The normalized spacial score (nSPS) is 10.3. The highest BCUT2D eigenvalue weighted by Crippen LogP contribution is 2.30. The average Bonchev–Trinajstić information content (AvgIpc) is 2.76. The number of ether oxygens (including phenoxy) is 1. The lowest BCUT2D eigenvalue weighted by atomic mass is 10.0. The van der Waals surface area contributed by atoms with E-state index in [4.69, 9.17) is 15.7 Å². The molecule has 3 N–H and O–H groups in total. The molecule has 0 aliphatic carbocycles. The number of nitrogens with zero attached hydrogens (tertiary/aromatic N) is 3. The summed E-state index contributed by atoms with van der Waals surface area (Å²) in [7, 11) is 0. The SMILES string of the molecule is Cc1cc(-c2ccccc2)ccc1Oc1cc(N)nc(Nc2ccc(C#N)cc2)n1. The third-order valence-corrected chi connectivity index (χ3v) is 4.49. The number of aryl methyl sites for hydroxylation is 1. The summed E-state index contributed by atoms with van der Waals surface area (Å²) in [6.45, 7) is 1.99. The second kappa shape index (κ2) is 8.33. The van der Waals surface area contributed by atoms with Crippen LogP contribution in [-0.4, -0.2) is 9.97 Å². The number of hydrogen-bond donors (Lipinski definition) is 2. The molecule has 6 nitrogen and oxygen atoms in total. The predicted molar refractivity (Wildman–Crippen MR) is 118 cm³/mol. The Bertz CT molecular complexity index is 1210. The van der Waals surface area contributed by atoms with E-state index in [9.17, 15) is 0 Å². The number of rotatable bonds is 5. The molecule has 0 bridgehead atoms. The molecule has 146 valence electrons. The van der Waals surface area contributed by atoms with Crippen LogP contribution >= 0.6 is 0 Å². The zero-order valence-electron chi connectivity index (χ0n) is 16.3. The summed E-state index contributed by atoms with van der Waals surface area (Å²) >= 11 is 0. The minimum atomic E-state index is 0.287. The Morgan fingerprint density at radius 2 is 1.67 bits per heavy atom. The zero-order chi connectivity index (χ0) is 20.9. The first-order valence-electron chi connectivity index (χ1n) is 9.36. The van der Waals surface area contributed by atoms with Crippen molar-refractivity contribution in [1.29, 1.82) is 5.26 Å². The minimum absolute atomic E-state index is 0.287. The summed E-state index contributed by atoms with van der Waals surface area (Å²) in [5.74, 6) is 1.63. The molecule has 0 fully saturated rings. The van der Waals surface area contributed by atoms with Gasteiger partial charge in [0.1, 0.15) is 11.6 Å². The van der Waals surface area contributed by atoms with Crippen LogP contribution in [0.4, 0.5) is 17.5 Å². The first-order valence-corrected chi connectivity index (χ1v) is 9.36. The fraction of sp³-hybridized carbons (Fsp3) is 0.0417.